The predicted octanol–water partition coefficient (Wildman–Crippen LogP) is 0.202. The van der Waals surface area contributed by atoms with Crippen LogP contribution in [0.1, 0.15) is 20.8 Å². The topological polar surface area (TPSA) is 46.3 Å². The summed E-state index contributed by atoms with van der Waals surface area (Å²) in [6.45, 7) is 7.29. The van der Waals surface area contributed by atoms with Gasteiger partial charge in [-0.25, -0.2) is 0 Å². The molecule has 0 aromatic heterocycles. The lowest BCUT2D eigenvalue weighted by atomic mass is 9.89. The van der Waals surface area contributed by atoms with Crippen LogP contribution in [-0.2, 0) is 4.79 Å². The van der Waals surface area contributed by atoms with Gasteiger partial charge in [-0.2, -0.15) is 0 Å². The lowest BCUT2D eigenvalue weighted by Crippen LogP contribution is -2.35. The molecule has 1 rings (SSSR count). The molecule has 1 heterocycles. The van der Waals surface area contributed by atoms with Crippen molar-refractivity contribution in [3.05, 3.63) is 0 Å². The number of rotatable bonds is 0. The van der Waals surface area contributed by atoms with Gasteiger partial charge in [0.25, 0.3) is 0 Å². The number of likely N-dealkylation sites (tertiary alicyclic amines) is 1. The van der Waals surface area contributed by atoms with E-state index in [1.165, 1.54) is 0 Å². The van der Waals surface area contributed by atoms with Crippen LogP contribution >= 0.6 is 0 Å². The maximum Gasteiger partial charge on any atom is 0.219 e. The Labute approximate surface area is 67.5 Å². The second kappa shape index (κ2) is 2.48. The molecule has 0 saturated carbocycles. The molecule has 2 N–H and O–H groups in total. The molecule has 0 unspecified atom stereocenters. The zero-order valence-corrected chi connectivity index (χ0v) is 7.42. The first-order valence-electron chi connectivity index (χ1n) is 3.94. The minimum Gasteiger partial charge on any atom is -0.341 e. The molecule has 1 aliphatic heterocycles. The van der Waals surface area contributed by atoms with Crippen molar-refractivity contribution in [3.63, 3.8) is 0 Å². The molecular formula is C8H16N2O. The highest BCUT2D eigenvalue weighted by atomic mass is 16.2. The average molecular weight is 156 g/mol. The molecule has 11 heavy (non-hydrogen) atoms. The largest absolute Gasteiger partial charge is 0.341 e. The van der Waals surface area contributed by atoms with Gasteiger partial charge in [-0.3, -0.25) is 4.79 Å². The fourth-order valence-electron chi connectivity index (χ4n) is 1.40. The van der Waals surface area contributed by atoms with E-state index in [0.717, 1.165) is 6.54 Å². The fraction of sp³-hybridized carbons (Fsp3) is 0.875. The van der Waals surface area contributed by atoms with Gasteiger partial charge < -0.3 is 10.6 Å². The van der Waals surface area contributed by atoms with E-state index in [9.17, 15) is 4.79 Å². The van der Waals surface area contributed by atoms with Gasteiger partial charge in [0.1, 0.15) is 0 Å². The zero-order valence-electron chi connectivity index (χ0n) is 7.42. The minimum absolute atomic E-state index is 0.0890. The average Bonchev–Trinajstić information content (AvgIpc) is 2.08. The SMILES string of the molecule is CC(=O)N1C[C@H](N)C(C)(C)C1. The highest BCUT2D eigenvalue weighted by Gasteiger charge is 2.37. The van der Waals surface area contributed by atoms with E-state index >= 15 is 0 Å². The standard InChI is InChI=1S/C8H16N2O/c1-6(11)10-4-7(9)8(2,3)5-10/h7H,4-5,9H2,1-3H3/t7-/m0/s1. The Morgan fingerprint density at radius 1 is 1.64 bits per heavy atom. The lowest BCUT2D eigenvalue weighted by molar-refractivity contribution is -0.128. The molecule has 0 radical (unpaired) electrons. The van der Waals surface area contributed by atoms with E-state index in [0.29, 0.717) is 6.54 Å². The first-order chi connectivity index (χ1) is 4.93. The van der Waals surface area contributed by atoms with Gasteiger partial charge in [-0.15, -0.1) is 0 Å². The van der Waals surface area contributed by atoms with Gasteiger partial charge in [0, 0.05) is 26.1 Å². The summed E-state index contributed by atoms with van der Waals surface area (Å²) < 4.78 is 0. The Bertz CT molecular complexity index is 177. The normalized spacial score (nSPS) is 29.1. The van der Waals surface area contributed by atoms with E-state index in [4.69, 9.17) is 5.73 Å². The van der Waals surface area contributed by atoms with Crippen molar-refractivity contribution in [2.75, 3.05) is 13.1 Å². The molecular weight excluding hydrogens is 140 g/mol. The smallest absolute Gasteiger partial charge is 0.219 e. The Morgan fingerprint density at radius 3 is 2.36 bits per heavy atom. The Kier molecular flexibility index (Phi) is 1.92. The van der Waals surface area contributed by atoms with Crippen molar-refractivity contribution in [3.8, 4) is 0 Å². The summed E-state index contributed by atoms with van der Waals surface area (Å²) in [4.78, 5) is 12.8. The van der Waals surface area contributed by atoms with Gasteiger partial charge in [-0.05, 0) is 5.41 Å². The molecule has 1 fully saturated rings. The predicted molar refractivity (Wildman–Crippen MR) is 44.0 cm³/mol. The van der Waals surface area contributed by atoms with Crippen LogP contribution in [0.2, 0.25) is 0 Å². The lowest BCUT2D eigenvalue weighted by Gasteiger charge is -2.21. The second-order valence-electron chi connectivity index (χ2n) is 3.99. The van der Waals surface area contributed by atoms with Crippen LogP contribution in [0.25, 0.3) is 0 Å². The molecule has 1 atom stereocenters. The number of hydrogen-bond donors (Lipinski definition) is 1. The molecule has 64 valence electrons. The van der Waals surface area contributed by atoms with Gasteiger partial charge in [0.05, 0.1) is 0 Å². The molecule has 3 nitrogen and oxygen atoms in total. The monoisotopic (exact) mass is 156 g/mol. The number of carbonyl (C=O) groups is 1. The Balaban J connectivity index is 2.64. The van der Waals surface area contributed by atoms with E-state index < -0.39 is 0 Å². The third-order valence-corrected chi connectivity index (χ3v) is 2.46. The summed E-state index contributed by atoms with van der Waals surface area (Å²) in [5, 5.41) is 0. The molecule has 3 heteroatoms. The van der Waals surface area contributed by atoms with Crippen molar-refractivity contribution in [2.45, 2.75) is 26.8 Å². The summed E-state index contributed by atoms with van der Waals surface area (Å²) in [6.07, 6.45) is 0. The van der Waals surface area contributed by atoms with Crippen LogP contribution in [0, 0.1) is 5.41 Å². The number of nitrogens with zero attached hydrogens (tertiary/aromatic N) is 1. The minimum atomic E-state index is 0.0890. The van der Waals surface area contributed by atoms with Crippen molar-refractivity contribution < 1.29 is 4.79 Å². The number of amides is 1. The van der Waals surface area contributed by atoms with Crippen molar-refractivity contribution in [1.29, 1.82) is 0 Å². The Morgan fingerprint density at radius 2 is 2.18 bits per heavy atom. The van der Waals surface area contributed by atoms with Crippen molar-refractivity contribution >= 4 is 5.91 Å². The number of hydrogen-bond acceptors (Lipinski definition) is 2. The maximum atomic E-state index is 10.9. The summed E-state index contributed by atoms with van der Waals surface area (Å²) >= 11 is 0. The van der Waals surface area contributed by atoms with Crippen molar-refractivity contribution in [2.24, 2.45) is 11.1 Å². The van der Waals surface area contributed by atoms with Crippen LogP contribution in [0.3, 0.4) is 0 Å². The van der Waals surface area contributed by atoms with Crippen molar-refractivity contribution in [1.82, 2.24) is 4.90 Å². The van der Waals surface area contributed by atoms with Crippen LogP contribution < -0.4 is 5.73 Å². The van der Waals surface area contributed by atoms with Crippen LogP contribution in [0.5, 0.6) is 0 Å². The van der Waals surface area contributed by atoms with Gasteiger partial charge in [-0.1, -0.05) is 13.8 Å². The first-order valence-corrected chi connectivity index (χ1v) is 3.94. The molecule has 0 spiro atoms. The molecule has 0 aromatic carbocycles. The molecule has 1 aliphatic rings. The Hall–Kier alpha value is -0.570. The molecule has 0 bridgehead atoms. The van der Waals surface area contributed by atoms with Crippen LogP contribution in [-0.4, -0.2) is 29.9 Å². The van der Waals surface area contributed by atoms with Crippen LogP contribution in [0.4, 0.5) is 0 Å². The van der Waals surface area contributed by atoms with Gasteiger partial charge in [0.2, 0.25) is 5.91 Å². The number of nitrogens with two attached hydrogens (primary N) is 1. The third kappa shape index (κ3) is 1.53. The molecule has 1 amide bonds. The van der Waals surface area contributed by atoms with Gasteiger partial charge in [0.15, 0.2) is 0 Å². The summed E-state index contributed by atoms with van der Waals surface area (Å²) in [5.74, 6) is 0.131. The van der Waals surface area contributed by atoms with E-state index in [1.54, 1.807) is 6.92 Å². The third-order valence-electron chi connectivity index (χ3n) is 2.46. The van der Waals surface area contributed by atoms with E-state index in [1.807, 2.05) is 4.90 Å². The maximum absolute atomic E-state index is 10.9. The summed E-state index contributed by atoms with van der Waals surface area (Å²) in [5.41, 5.74) is 5.94. The zero-order chi connectivity index (χ0) is 8.65. The number of carbonyl (C=O) groups excluding carboxylic acids is 1. The summed E-state index contributed by atoms with van der Waals surface area (Å²) in [7, 11) is 0. The first kappa shape index (κ1) is 8.53. The molecule has 1 saturated heterocycles. The fourth-order valence-corrected chi connectivity index (χ4v) is 1.40. The summed E-state index contributed by atoms with van der Waals surface area (Å²) in [6, 6.07) is 0.131. The highest BCUT2D eigenvalue weighted by molar-refractivity contribution is 5.73. The van der Waals surface area contributed by atoms with E-state index in [2.05, 4.69) is 13.8 Å². The second-order valence-corrected chi connectivity index (χ2v) is 3.99. The van der Waals surface area contributed by atoms with Crippen LogP contribution in [0.15, 0.2) is 0 Å². The quantitative estimate of drug-likeness (QED) is 0.544. The molecule has 0 aliphatic carbocycles. The molecule has 0 aromatic rings. The van der Waals surface area contributed by atoms with Gasteiger partial charge >= 0.3 is 0 Å². The highest BCUT2D eigenvalue weighted by Crippen LogP contribution is 2.27. The van der Waals surface area contributed by atoms with E-state index in [-0.39, 0.29) is 17.4 Å².